The van der Waals surface area contributed by atoms with Crippen molar-refractivity contribution in [3.8, 4) is 0 Å². The lowest BCUT2D eigenvalue weighted by Gasteiger charge is -2.14. The summed E-state index contributed by atoms with van der Waals surface area (Å²) in [5.74, 6) is -0.550. The second kappa shape index (κ2) is 9.09. The maximum atomic E-state index is 12.4. The third kappa shape index (κ3) is 5.14. The van der Waals surface area contributed by atoms with E-state index in [1.807, 2.05) is 37.3 Å². The Hall–Kier alpha value is -2.26. The largest absolute Gasteiger partial charge is 0.348 e. The number of thiophene rings is 1. The van der Waals surface area contributed by atoms with Crippen LogP contribution in [0.3, 0.4) is 0 Å². The number of hydrogen-bond donors (Lipinski definition) is 5. The number of hydroxylamine groups is 1. The summed E-state index contributed by atoms with van der Waals surface area (Å²) in [5, 5.41) is 18.4. The van der Waals surface area contributed by atoms with Gasteiger partial charge in [0.15, 0.2) is 0 Å². The Bertz CT molecular complexity index is 802. The van der Waals surface area contributed by atoms with Crippen LogP contribution in [0.25, 0.3) is 0 Å². The van der Waals surface area contributed by atoms with Gasteiger partial charge in [0, 0.05) is 35.6 Å². The van der Waals surface area contributed by atoms with Gasteiger partial charge in [-0.3, -0.25) is 14.8 Å². The van der Waals surface area contributed by atoms with Crippen LogP contribution in [0.4, 0.5) is 0 Å². The van der Waals surface area contributed by atoms with E-state index in [1.54, 1.807) is 11.5 Å². The van der Waals surface area contributed by atoms with Gasteiger partial charge >= 0.3 is 0 Å². The van der Waals surface area contributed by atoms with Crippen LogP contribution in [0.5, 0.6) is 0 Å². The Labute approximate surface area is 162 Å². The molecule has 0 radical (unpaired) electrons. The van der Waals surface area contributed by atoms with Crippen LogP contribution in [0, 0.1) is 0 Å². The monoisotopic (exact) mass is 388 g/mol. The molecule has 1 aromatic heterocycles. The minimum absolute atomic E-state index is 0.0392. The molecule has 2 heterocycles. The molecule has 2 atom stereocenters. The van der Waals surface area contributed by atoms with E-state index in [1.165, 1.54) is 11.3 Å². The molecule has 8 heteroatoms. The molecule has 2 aromatic rings. The fourth-order valence-electron chi connectivity index (χ4n) is 3.00. The van der Waals surface area contributed by atoms with Gasteiger partial charge < -0.3 is 16.0 Å². The van der Waals surface area contributed by atoms with E-state index in [0.29, 0.717) is 17.0 Å². The minimum Gasteiger partial charge on any atom is -0.348 e. The molecular formula is C19H24N4O3S. The molecule has 1 saturated heterocycles. The molecule has 27 heavy (non-hydrogen) atoms. The summed E-state index contributed by atoms with van der Waals surface area (Å²) in [5.41, 5.74) is 3.32. The van der Waals surface area contributed by atoms with Crippen LogP contribution in [-0.4, -0.2) is 36.2 Å². The lowest BCUT2D eigenvalue weighted by molar-refractivity contribution is 0.0711. The first-order chi connectivity index (χ1) is 13.1. The van der Waals surface area contributed by atoms with E-state index >= 15 is 0 Å². The van der Waals surface area contributed by atoms with Crippen molar-refractivity contribution in [3.05, 3.63) is 57.3 Å². The summed E-state index contributed by atoms with van der Waals surface area (Å²) in [6.07, 6.45) is 0.960. The van der Waals surface area contributed by atoms with Gasteiger partial charge in [0.25, 0.3) is 11.8 Å². The van der Waals surface area contributed by atoms with Crippen LogP contribution in [0.2, 0.25) is 0 Å². The lowest BCUT2D eigenvalue weighted by Crippen LogP contribution is -2.36. The Balaban J connectivity index is 1.56. The average Bonchev–Trinajstić information content (AvgIpc) is 3.37. The molecule has 0 spiro atoms. The van der Waals surface area contributed by atoms with Gasteiger partial charge in [-0.25, -0.2) is 5.48 Å². The quantitative estimate of drug-likeness (QED) is 0.368. The smallest absolute Gasteiger partial charge is 0.284 e. The summed E-state index contributed by atoms with van der Waals surface area (Å²) >= 11 is 1.33. The fraction of sp³-hybridized carbons (Fsp3) is 0.368. The zero-order valence-electron chi connectivity index (χ0n) is 15.1. The highest BCUT2D eigenvalue weighted by Crippen LogP contribution is 2.23. The molecule has 5 N–H and O–H groups in total. The van der Waals surface area contributed by atoms with Crippen molar-refractivity contribution in [1.82, 2.24) is 21.4 Å². The van der Waals surface area contributed by atoms with Gasteiger partial charge in [-0.15, -0.1) is 11.3 Å². The van der Waals surface area contributed by atoms with Crippen LogP contribution in [0.1, 0.15) is 49.9 Å². The summed E-state index contributed by atoms with van der Waals surface area (Å²) in [6.45, 7) is 4.38. The Kier molecular flexibility index (Phi) is 6.57. The molecule has 1 aliphatic heterocycles. The number of hydrogen-bond acceptors (Lipinski definition) is 6. The van der Waals surface area contributed by atoms with Crippen LogP contribution in [-0.2, 0) is 6.54 Å². The number of carbonyl (C=O) groups excluding carboxylic acids is 2. The van der Waals surface area contributed by atoms with Gasteiger partial charge in [-0.1, -0.05) is 12.1 Å². The summed E-state index contributed by atoms with van der Waals surface area (Å²) in [6, 6.07) is 11.4. The Morgan fingerprint density at radius 3 is 2.89 bits per heavy atom. The predicted molar refractivity (Wildman–Crippen MR) is 104 cm³/mol. The van der Waals surface area contributed by atoms with E-state index in [4.69, 9.17) is 5.21 Å². The Morgan fingerprint density at radius 2 is 2.15 bits per heavy atom. The van der Waals surface area contributed by atoms with Crippen LogP contribution in [0.15, 0.2) is 36.4 Å². The van der Waals surface area contributed by atoms with Crippen LogP contribution >= 0.6 is 11.3 Å². The Morgan fingerprint density at radius 1 is 1.30 bits per heavy atom. The van der Waals surface area contributed by atoms with Gasteiger partial charge in [-0.05, 0) is 49.7 Å². The van der Waals surface area contributed by atoms with Gasteiger partial charge in [-0.2, -0.15) is 0 Å². The number of benzene rings is 1. The highest BCUT2D eigenvalue weighted by Gasteiger charge is 2.18. The molecule has 1 unspecified atom stereocenters. The summed E-state index contributed by atoms with van der Waals surface area (Å²) in [7, 11) is 0. The van der Waals surface area contributed by atoms with Crippen molar-refractivity contribution in [2.24, 2.45) is 0 Å². The molecule has 2 amide bonds. The lowest BCUT2D eigenvalue weighted by atomic mass is 10.1. The van der Waals surface area contributed by atoms with Gasteiger partial charge in [0.2, 0.25) is 0 Å². The number of amides is 2. The van der Waals surface area contributed by atoms with Crippen molar-refractivity contribution in [3.63, 3.8) is 0 Å². The van der Waals surface area contributed by atoms with E-state index in [0.717, 1.165) is 30.0 Å². The van der Waals surface area contributed by atoms with Crippen molar-refractivity contribution < 1.29 is 14.8 Å². The molecule has 1 aromatic carbocycles. The predicted octanol–water partition coefficient (Wildman–Crippen LogP) is 1.81. The molecule has 1 aliphatic rings. The topological polar surface area (TPSA) is 102 Å². The minimum atomic E-state index is -0.505. The maximum absolute atomic E-state index is 12.4. The van der Waals surface area contributed by atoms with Crippen LogP contribution < -0.4 is 21.4 Å². The third-order valence-corrected chi connectivity index (χ3v) is 5.84. The van der Waals surface area contributed by atoms with Gasteiger partial charge in [0.1, 0.15) is 0 Å². The standard InChI is InChI=1S/C19H24N4O3S/c1-12(16-5-6-17(27-16)19(25)23-26)21-10-13-3-2-4-14(9-13)18(24)22-15-7-8-20-11-15/h2-6,9,12,15,20-21,26H,7-8,10-11H2,1H3,(H,22,24)(H,23,25)/t12-,15?/m0/s1. The first-order valence-corrected chi connectivity index (χ1v) is 9.76. The van der Waals surface area contributed by atoms with E-state index in [9.17, 15) is 9.59 Å². The third-order valence-electron chi connectivity index (χ3n) is 4.58. The number of carbonyl (C=O) groups is 2. The highest BCUT2D eigenvalue weighted by molar-refractivity contribution is 7.14. The van der Waals surface area contributed by atoms with E-state index in [-0.39, 0.29) is 18.0 Å². The molecule has 7 nitrogen and oxygen atoms in total. The SMILES string of the molecule is C[C@H](NCc1cccc(C(=O)NC2CCNC2)c1)c1ccc(C(=O)NO)s1. The average molecular weight is 388 g/mol. The second-order valence-electron chi connectivity index (χ2n) is 6.61. The van der Waals surface area contributed by atoms with E-state index in [2.05, 4.69) is 16.0 Å². The maximum Gasteiger partial charge on any atom is 0.284 e. The first kappa shape index (κ1) is 19.5. The van der Waals surface area contributed by atoms with Crippen molar-refractivity contribution in [2.75, 3.05) is 13.1 Å². The number of nitrogens with one attached hydrogen (secondary N) is 4. The summed E-state index contributed by atoms with van der Waals surface area (Å²) < 4.78 is 0. The van der Waals surface area contributed by atoms with Gasteiger partial charge in [0.05, 0.1) is 4.88 Å². The first-order valence-electron chi connectivity index (χ1n) is 8.95. The van der Waals surface area contributed by atoms with Crippen molar-refractivity contribution in [2.45, 2.75) is 32.0 Å². The number of rotatable bonds is 7. The zero-order valence-corrected chi connectivity index (χ0v) is 15.9. The molecule has 1 fully saturated rings. The summed E-state index contributed by atoms with van der Waals surface area (Å²) in [4.78, 5) is 25.3. The fourth-order valence-corrected chi connectivity index (χ4v) is 3.93. The highest BCUT2D eigenvalue weighted by atomic mass is 32.1. The van der Waals surface area contributed by atoms with Crippen molar-refractivity contribution >= 4 is 23.2 Å². The molecule has 3 rings (SSSR count). The molecule has 144 valence electrons. The molecule has 0 saturated carbocycles. The van der Waals surface area contributed by atoms with Crippen molar-refractivity contribution in [1.29, 1.82) is 0 Å². The molecule has 0 bridgehead atoms. The normalized spacial score (nSPS) is 17.5. The zero-order chi connectivity index (χ0) is 19.2. The molecule has 0 aliphatic carbocycles. The molecular weight excluding hydrogens is 364 g/mol. The second-order valence-corrected chi connectivity index (χ2v) is 7.72. The van der Waals surface area contributed by atoms with E-state index < -0.39 is 5.91 Å².